The second-order valence-corrected chi connectivity index (χ2v) is 8.11. The zero-order valence-electron chi connectivity index (χ0n) is 17.7. The molecule has 2 aliphatic heterocycles. The third-order valence-electron chi connectivity index (χ3n) is 5.85. The highest BCUT2D eigenvalue weighted by Crippen LogP contribution is 2.27. The highest BCUT2D eigenvalue weighted by Gasteiger charge is 2.30. The van der Waals surface area contributed by atoms with Gasteiger partial charge in [0.25, 0.3) is 5.91 Å². The number of amides is 4. The molecule has 1 atom stereocenters. The summed E-state index contributed by atoms with van der Waals surface area (Å²) in [6.45, 7) is 4.14. The smallest absolute Gasteiger partial charge is 0.328 e. The molecule has 4 amide bonds. The average molecular weight is 421 g/mol. The average Bonchev–Trinajstić information content (AvgIpc) is 2.78. The van der Waals surface area contributed by atoms with E-state index >= 15 is 0 Å². The summed E-state index contributed by atoms with van der Waals surface area (Å²) in [5.74, 6) is 0.737. The van der Waals surface area contributed by atoms with E-state index in [0.717, 1.165) is 24.2 Å². The fourth-order valence-corrected chi connectivity index (χ4v) is 4.17. The Hall–Kier alpha value is -3.35. The molecule has 4 rings (SSSR count). The Kier molecular flexibility index (Phi) is 6.21. The van der Waals surface area contributed by atoms with Crippen LogP contribution in [0.15, 0.2) is 48.5 Å². The number of anilines is 1. The molecule has 0 bridgehead atoms. The summed E-state index contributed by atoms with van der Waals surface area (Å²) in [6.07, 6.45) is 2.14. The van der Waals surface area contributed by atoms with Gasteiger partial charge in [-0.05, 0) is 43.5 Å². The third kappa shape index (κ3) is 4.71. The summed E-state index contributed by atoms with van der Waals surface area (Å²) in [5, 5.41) is 2.32. The van der Waals surface area contributed by atoms with E-state index in [1.54, 1.807) is 24.3 Å². The number of piperidine rings is 1. The van der Waals surface area contributed by atoms with Crippen LogP contribution in [0.25, 0.3) is 0 Å². The summed E-state index contributed by atoms with van der Waals surface area (Å²) in [5.41, 5.74) is 2.11. The number of hydrogen-bond acceptors (Lipinski definition) is 4. The maximum absolute atomic E-state index is 13.4. The Bertz CT molecular complexity index is 990. The van der Waals surface area contributed by atoms with Crippen LogP contribution in [0.1, 0.15) is 35.2 Å². The summed E-state index contributed by atoms with van der Waals surface area (Å²) >= 11 is 0. The standard InChI is InChI=1S/C24H27N3O4/c1-17-7-2-5-11-21(17)31-16-18-8-6-13-26(15-18)23(29)19-9-3-4-10-20(19)27-14-12-22(28)25-24(27)30/h2-5,7,9-11,18H,6,8,12-16H2,1H3,(H,25,28,30). The van der Waals surface area contributed by atoms with Crippen LogP contribution in [0.3, 0.4) is 0 Å². The van der Waals surface area contributed by atoms with E-state index in [2.05, 4.69) is 5.32 Å². The Morgan fingerprint density at radius 3 is 2.68 bits per heavy atom. The van der Waals surface area contributed by atoms with Crippen LogP contribution in [0.2, 0.25) is 0 Å². The van der Waals surface area contributed by atoms with Crippen LogP contribution >= 0.6 is 0 Å². The van der Waals surface area contributed by atoms with Crippen LogP contribution in [-0.4, -0.2) is 49.0 Å². The molecule has 7 nitrogen and oxygen atoms in total. The molecule has 7 heteroatoms. The van der Waals surface area contributed by atoms with E-state index < -0.39 is 6.03 Å². The van der Waals surface area contributed by atoms with E-state index in [1.165, 1.54) is 4.90 Å². The number of imide groups is 1. The number of hydrogen-bond donors (Lipinski definition) is 1. The van der Waals surface area contributed by atoms with Crippen LogP contribution in [0, 0.1) is 12.8 Å². The van der Waals surface area contributed by atoms with Gasteiger partial charge in [-0.1, -0.05) is 30.3 Å². The molecule has 2 aromatic carbocycles. The number of carbonyl (C=O) groups excluding carboxylic acids is 3. The molecule has 1 N–H and O–H groups in total. The largest absolute Gasteiger partial charge is 0.493 e. The topological polar surface area (TPSA) is 79.0 Å². The quantitative estimate of drug-likeness (QED) is 0.803. The molecule has 0 spiro atoms. The van der Waals surface area contributed by atoms with Crippen LogP contribution in [0.4, 0.5) is 10.5 Å². The predicted molar refractivity (Wildman–Crippen MR) is 117 cm³/mol. The zero-order valence-corrected chi connectivity index (χ0v) is 17.7. The first-order valence-corrected chi connectivity index (χ1v) is 10.7. The third-order valence-corrected chi connectivity index (χ3v) is 5.85. The van der Waals surface area contributed by atoms with E-state index in [0.29, 0.717) is 30.9 Å². The summed E-state index contributed by atoms with van der Waals surface area (Å²) in [4.78, 5) is 40.5. The minimum Gasteiger partial charge on any atom is -0.493 e. The first-order chi connectivity index (χ1) is 15.0. The second-order valence-electron chi connectivity index (χ2n) is 8.11. The van der Waals surface area contributed by atoms with Crippen molar-refractivity contribution in [1.82, 2.24) is 10.2 Å². The molecule has 31 heavy (non-hydrogen) atoms. The van der Waals surface area contributed by atoms with Gasteiger partial charge in [0.1, 0.15) is 5.75 Å². The number of rotatable bonds is 5. The molecule has 0 aliphatic carbocycles. The molecular formula is C24H27N3O4. The molecule has 1 unspecified atom stereocenters. The molecule has 0 radical (unpaired) electrons. The minimum absolute atomic E-state index is 0.0964. The normalized spacial score (nSPS) is 19.2. The van der Waals surface area contributed by atoms with Crippen molar-refractivity contribution < 1.29 is 19.1 Å². The number of carbonyl (C=O) groups is 3. The number of ether oxygens (including phenoxy) is 1. The number of urea groups is 1. The maximum Gasteiger partial charge on any atom is 0.328 e. The SMILES string of the molecule is Cc1ccccc1OCC1CCCN(C(=O)c2ccccc2N2CCC(=O)NC2=O)C1. The lowest BCUT2D eigenvalue weighted by molar-refractivity contribution is -0.120. The van der Waals surface area contributed by atoms with Crippen molar-refractivity contribution in [1.29, 1.82) is 0 Å². The fourth-order valence-electron chi connectivity index (χ4n) is 4.17. The van der Waals surface area contributed by atoms with Crippen molar-refractivity contribution in [2.24, 2.45) is 5.92 Å². The van der Waals surface area contributed by atoms with Gasteiger partial charge in [0, 0.05) is 32.0 Å². The van der Waals surface area contributed by atoms with Gasteiger partial charge in [0.05, 0.1) is 17.9 Å². The van der Waals surface area contributed by atoms with E-state index in [4.69, 9.17) is 4.74 Å². The van der Waals surface area contributed by atoms with Gasteiger partial charge < -0.3 is 9.64 Å². The number of aryl methyl sites for hydroxylation is 1. The van der Waals surface area contributed by atoms with Gasteiger partial charge in [0.2, 0.25) is 5.91 Å². The van der Waals surface area contributed by atoms with Gasteiger partial charge in [0.15, 0.2) is 0 Å². The molecule has 162 valence electrons. The second kappa shape index (κ2) is 9.20. The number of benzene rings is 2. The van der Waals surface area contributed by atoms with Gasteiger partial charge in [-0.25, -0.2) is 4.79 Å². The Labute approximate surface area is 182 Å². The monoisotopic (exact) mass is 421 g/mol. The fraction of sp³-hybridized carbons (Fsp3) is 0.375. The molecule has 2 aliphatic rings. The lowest BCUT2D eigenvalue weighted by Crippen LogP contribution is -2.50. The van der Waals surface area contributed by atoms with Crippen molar-refractivity contribution in [2.45, 2.75) is 26.2 Å². The van der Waals surface area contributed by atoms with Crippen molar-refractivity contribution in [3.8, 4) is 5.75 Å². The molecule has 2 saturated heterocycles. The number of nitrogens with zero attached hydrogens (tertiary/aromatic N) is 2. The van der Waals surface area contributed by atoms with Crippen LogP contribution in [-0.2, 0) is 4.79 Å². The van der Waals surface area contributed by atoms with Crippen molar-refractivity contribution in [3.63, 3.8) is 0 Å². The van der Waals surface area contributed by atoms with E-state index in [1.807, 2.05) is 36.1 Å². The van der Waals surface area contributed by atoms with Crippen LogP contribution < -0.4 is 15.0 Å². The highest BCUT2D eigenvalue weighted by molar-refractivity contribution is 6.09. The molecule has 2 heterocycles. The molecule has 0 saturated carbocycles. The van der Waals surface area contributed by atoms with Gasteiger partial charge in [-0.2, -0.15) is 0 Å². The zero-order chi connectivity index (χ0) is 21.8. The van der Waals surface area contributed by atoms with E-state index in [-0.39, 0.29) is 30.7 Å². The van der Waals surface area contributed by atoms with Gasteiger partial charge in [-0.3, -0.25) is 19.8 Å². The van der Waals surface area contributed by atoms with Gasteiger partial charge >= 0.3 is 6.03 Å². The minimum atomic E-state index is -0.486. The van der Waals surface area contributed by atoms with Crippen molar-refractivity contribution in [2.75, 3.05) is 31.1 Å². The maximum atomic E-state index is 13.4. The lowest BCUT2D eigenvalue weighted by atomic mass is 9.97. The molecular weight excluding hydrogens is 394 g/mol. The number of nitrogens with one attached hydrogen (secondary N) is 1. The predicted octanol–water partition coefficient (Wildman–Crippen LogP) is 3.37. The summed E-state index contributed by atoms with van der Waals surface area (Å²) in [7, 11) is 0. The highest BCUT2D eigenvalue weighted by atomic mass is 16.5. The van der Waals surface area contributed by atoms with Crippen molar-refractivity contribution >= 4 is 23.5 Å². The Morgan fingerprint density at radius 2 is 1.87 bits per heavy atom. The molecule has 0 aromatic heterocycles. The number of para-hydroxylation sites is 2. The molecule has 2 aromatic rings. The Morgan fingerprint density at radius 1 is 1.10 bits per heavy atom. The van der Waals surface area contributed by atoms with Gasteiger partial charge in [-0.15, -0.1) is 0 Å². The van der Waals surface area contributed by atoms with E-state index in [9.17, 15) is 14.4 Å². The van der Waals surface area contributed by atoms with Crippen LogP contribution in [0.5, 0.6) is 5.75 Å². The Balaban J connectivity index is 1.45. The van der Waals surface area contributed by atoms with Crippen molar-refractivity contribution in [3.05, 3.63) is 59.7 Å². The lowest BCUT2D eigenvalue weighted by Gasteiger charge is -2.34. The number of likely N-dealkylation sites (tertiary alicyclic amines) is 1. The summed E-state index contributed by atoms with van der Waals surface area (Å²) in [6, 6.07) is 14.5. The first kappa shape index (κ1) is 20.9. The summed E-state index contributed by atoms with van der Waals surface area (Å²) < 4.78 is 6.02. The molecule has 2 fully saturated rings. The first-order valence-electron chi connectivity index (χ1n) is 10.7.